The number of rotatable bonds is 4. The summed E-state index contributed by atoms with van der Waals surface area (Å²) in [7, 11) is 0. The highest BCUT2D eigenvalue weighted by Gasteiger charge is 2.28. The minimum absolute atomic E-state index is 0. The van der Waals surface area contributed by atoms with Gasteiger partial charge >= 0.3 is 0 Å². The lowest BCUT2D eigenvalue weighted by molar-refractivity contribution is -0.136. The van der Waals surface area contributed by atoms with Crippen LogP contribution >= 0.6 is 12.4 Å². The summed E-state index contributed by atoms with van der Waals surface area (Å²) in [5.74, 6) is -2.49. The van der Waals surface area contributed by atoms with Crippen molar-refractivity contribution in [2.45, 2.75) is 6.04 Å². The van der Waals surface area contributed by atoms with Crippen molar-refractivity contribution in [3.8, 4) is 5.75 Å². The monoisotopic (exact) mass is 386 g/mol. The fourth-order valence-corrected chi connectivity index (χ4v) is 2.83. The van der Waals surface area contributed by atoms with Crippen molar-refractivity contribution in [2.24, 2.45) is 0 Å². The van der Waals surface area contributed by atoms with E-state index in [1.807, 2.05) is 0 Å². The lowest BCUT2D eigenvalue weighted by Gasteiger charge is -2.36. The van der Waals surface area contributed by atoms with Crippen molar-refractivity contribution in [1.29, 1.82) is 0 Å². The van der Waals surface area contributed by atoms with Gasteiger partial charge in [-0.25, -0.2) is 13.2 Å². The molecule has 0 spiro atoms. The fourth-order valence-electron chi connectivity index (χ4n) is 2.83. The summed E-state index contributed by atoms with van der Waals surface area (Å²) < 4.78 is 45.2. The van der Waals surface area contributed by atoms with E-state index in [1.165, 1.54) is 12.1 Å². The summed E-state index contributed by atoms with van der Waals surface area (Å²) in [5, 5.41) is 3.17. The van der Waals surface area contributed by atoms with Crippen molar-refractivity contribution in [3.05, 3.63) is 65.5 Å². The van der Waals surface area contributed by atoms with Crippen LogP contribution in [0.25, 0.3) is 0 Å². The van der Waals surface area contributed by atoms with Crippen LogP contribution in [0.1, 0.15) is 11.6 Å². The number of nitrogens with one attached hydrogen (secondary N) is 1. The average Bonchev–Trinajstić information content (AvgIpc) is 2.61. The topological polar surface area (TPSA) is 41.6 Å². The molecule has 3 rings (SSSR count). The Labute approximate surface area is 155 Å². The summed E-state index contributed by atoms with van der Waals surface area (Å²) in [4.78, 5) is 14.1. The first-order valence-electron chi connectivity index (χ1n) is 7.88. The number of piperazine rings is 1. The first-order chi connectivity index (χ1) is 12.0. The SMILES string of the molecule is Cl.O=C(COc1ccc(F)cc1F)N1CCNCC1c1cccc(F)c1. The van der Waals surface area contributed by atoms with E-state index in [1.54, 1.807) is 17.0 Å². The molecule has 1 saturated heterocycles. The molecule has 0 aliphatic carbocycles. The Morgan fingerprint density at radius 2 is 1.92 bits per heavy atom. The van der Waals surface area contributed by atoms with Gasteiger partial charge in [0.2, 0.25) is 0 Å². The highest BCUT2D eigenvalue weighted by Crippen LogP contribution is 2.24. The standard InChI is InChI=1S/C18H17F3N2O2.ClH/c19-13-3-1-2-12(8-13)16-10-22-6-7-23(16)18(24)11-25-17-5-4-14(20)9-15(17)21;/h1-5,8-9,16,22H,6-7,10-11H2;1H. The number of hydrogen-bond acceptors (Lipinski definition) is 3. The van der Waals surface area contributed by atoms with E-state index in [9.17, 15) is 18.0 Å². The molecular formula is C18H18ClF3N2O2. The van der Waals surface area contributed by atoms with Crippen LogP contribution in [0.3, 0.4) is 0 Å². The van der Waals surface area contributed by atoms with Gasteiger partial charge in [-0.1, -0.05) is 12.1 Å². The van der Waals surface area contributed by atoms with Crippen LogP contribution in [0.15, 0.2) is 42.5 Å². The van der Waals surface area contributed by atoms with Crippen LogP contribution in [0.5, 0.6) is 5.75 Å². The molecule has 1 aliphatic heterocycles. The molecule has 1 N–H and O–H groups in total. The van der Waals surface area contributed by atoms with Gasteiger partial charge in [-0.15, -0.1) is 12.4 Å². The van der Waals surface area contributed by atoms with Gasteiger partial charge in [0, 0.05) is 25.7 Å². The van der Waals surface area contributed by atoms with Gasteiger partial charge in [0.25, 0.3) is 5.91 Å². The van der Waals surface area contributed by atoms with Crippen molar-refractivity contribution in [2.75, 3.05) is 26.2 Å². The van der Waals surface area contributed by atoms with Gasteiger partial charge < -0.3 is 15.0 Å². The second-order valence-corrected chi connectivity index (χ2v) is 5.73. The van der Waals surface area contributed by atoms with Gasteiger partial charge in [-0.05, 0) is 29.8 Å². The van der Waals surface area contributed by atoms with Gasteiger partial charge in [-0.3, -0.25) is 4.79 Å². The summed E-state index contributed by atoms with van der Waals surface area (Å²) >= 11 is 0. The molecule has 0 radical (unpaired) electrons. The maximum Gasteiger partial charge on any atom is 0.261 e. The maximum absolute atomic E-state index is 13.6. The lowest BCUT2D eigenvalue weighted by atomic mass is 10.0. The number of nitrogens with zero attached hydrogens (tertiary/aromatic N) is 1. The van der Waals surface area contributed by atoms with Crippen LogP contribution < -0.4 is 10.1 Å². The predicted octanol–water partition coefficient (Wildman–Crippen LogP) is 3.08. The molecule has 1 unspecified atom stereocenters. The Hall–Kier alpha value is -2.25. The number of carbonyl (C=O) groups is 1. The van der Waals surface area contributed by atoms with Crippen molar-refractivity contribution < 1.29 is 22.7 Å². The normalized spacial score (nSPS) is 16.7. The van der Waals surface area contributed by atoms with Crippen LogP contribution in [0.4, 0.5) is 13.2 Å². The molecule has 0 bridgehead atoms. The number of halogens is 4. The molecule has 2 aromatic carbocycles. The first-order valence-corrected chi connectivity index (χ1v) is 7.88. The number of ether oxygens (including phenoxy) is 1. The highest BCUT2D eigenvalue weighted by molar-refractivity contribution is 5.85. The summed E-state index contributed by atoms with van der Waals surface area (Å²) in [6.45, 7) is 1.13. The Kier molecular flexibility index (Phi) is 6.88. The number of amides is 1. The number of benzene rings is 2. The average molecular weight is 387 g/mol. The zero-order chi connectivity index (χ0) is 17.8. The second-order valence-electron chi connectivity index (χ2n) is 5.73. The third-order valence-electron chi connectivity index (χ3n) is 4.04. The molecule has 1 amide bonds. The molecule has 2 aromatic rings. The summed E-state index contributed by atoms with van der Waals surface area (Å²) in [6, 6.07) is 8.63. The lowest BCUT2D eigenvalue weighted by Crippen LogP contribution is -2.50. The zero-order valence-corrected chi connectivity index (χ0v) is 14.6. The molecule has 1 fully saturated rings. The van der Waals surface area contributed by atoms with E-state index in [2.05, 4.69) is 5.32 Å². The molecule has 0 saturated carbocycles. The first kappa shape index (κ1) is 20.1. The third kappa shape index (κ3) is 4.68. The summed E-state index contributed by atoms with van der Waals surface area (Å²) in [6.07, 6.45) is 0. The minimum atomic E-state index is -0.866. The Morgan fingerprint density at radius 1 is 1.15 bits per heavy atom. The molecule has 1 aliphatic rings. The van der Waals surface area contributed by atoms with Gasteiger partial charge in [0.05, 0.1) is 6.04 Å². The van der Waals surface area contributed by atoms with Gasteiger partial charge in [0.1, 0.15) is 11.6 Å². The largest absolute Gasteiger partial charge is 0.481 e. The van der Waals surface area contributed by atoms with E-state index in [-0.39, 0.29) is 42.5 Å². The van der Waals surface area contributed by atoms with Crippen LogP contribution in [-0.2, 0) is 4.79 Å². The molecule has 0 aromatic heterocycles. The van der Waals surface area contributed by atoms with E-state index in [0.717, 1.165) is 12.1 Å². The Bertz CT molecular complexity index is 776. The predicted molar refractivity (Wildman–Crippen MR) is 92.8 cm³/mol. The van der Waals surface area contributed by atoms with E-state index in [0.29, 0.717) is 31.3 Å². The van der Waals surface area contributed by atoms with Crippen LogP contribution in [-0.4, -0.2) is 37.0 Å². The quantitative estimate of drug-likeness (QED) is 0.878. The van der Waals surface area contributed by atoms with Gasteiger partial charge in [0.15, 0.2) is 18.2 Å². The molecule has 1 atom stereocenters. The molecule has 8 heteroatoms. The van der Waals surface area contributed by atoms with E-state index in [4.69, 9.17) is 4.74 Å². The fraction of sp³-hybridized carbons (Fsp3) is 0.278. The Balaban J connectivity index is 0.00000243. The van der Waals surface area contributed by atoms with Crippen LogP contribution in [0, 0.1) is 17.5 Å². The highest BCUT2D eigenvalue weighted by atomic mass is 35.5. The summed E-state index contributed by atoms with van der Waals surface area (Å²) in [5.41, 5.74) is 0.675. The Morgan fingerprint density at radius 3 is 2.65 bits per heavy atom. The number of hydrogen-bond donors (Lipinski definition) is 1. The molecule has 1 heterocycles. The number of carbonyl (C=O) groups excluding carboxylic acids is 1. The molecule has 26 heavy (non-hydrogen) atoms. The second kappa shape index (κ2) is 8.91. The van der Waals surface area contributed by atoms with Gasteiger partial charge in [-0.2, -0.15) is 0 Å². The zero-order valence-electron chi connectivity index (χ0n) is 13.8. The molecule has 4 nitrogen and oxygen atoms in total. The molecule has 140 valence electrons. The van der Waals surface area contributed by atoms with E-state index < -0.39 is 11.6 Å². The minimum Gasteiger partial charge on any atom is -0.481 e. The van der Waals surface area contributed by atoms with Crippen molar-refractivity contribution in [3.63, 3.8) is 0 Å². The van der Waals surface area contributed by atoms with E-state index >= 15 is 0 Å². The third-order valence-corrected chi connectivity index (χ3v) is 4.04. The maximum atomic E-state index is 13.6. The molecular weight excluding hydrogens is 369 g/mol. The van der Waals surface area contributed by atoms with Crippen molar-refractivity contribution >= 4 is 18.3 Å². The van der Waals surface area contributed by atoms with Crippen molar-refractivity contribution in [1.82, 2.24) is 10.2 Å². The van der Waals surface area contributed by atoms with Crippen LogP contribution in [0.2, 0.25) is 0 Å². The smallest absolute Gasteiger partial charge is 0.261 e.